The lowest BCUT2D eigenvalue weighted by molar-refractivity contribution is -0.276. The van der Waals surface area contributed by atoms with Crippen molar-refractivity contribution in [2.75, 3.05) is 0 Å². The number of nitrogens with zero attached hydrogens (tertiary/aromatic N) is 1. The standard InChI is InChI=1S/C8H2F8INO/c9-5(10)2-1-3(19-8(14,15)16)4(7(11,12)13)18-6(2)17/h1,5H. The molecule has 11 heteroatoms. The highest BCUT2D eigenvalue weighted by Crippen LogP contribution is 2.40. The van der Waals surface area contributed by atoms with Crippen molar-refractivity contribution in [2.24, 2.45) is 0 Å². The second-order valence-corrected chi connectivity index (χ2v) is 4.08. The Kier molecular flexibility index (Phi) is 4.47. The van der Waals surface area contributed by atoms with Gasteiger partial charge in [-0.1, -0.05) is 0 Å². The third-order valence-electron chi connectivity index (χ3n) is 1.70. The van der Waals surface area contributed by atoms with E-state index in [1.54, 1.807) is 0 Å². The molecule has 2 nitrogen and oxygen atoms in total. The Morgan fingerprint density at radius 2 is 1.63 bits per heavy atom. The number of hydrogen-bond donors (Lipinski definition) is 0. The summed E-state index contributed by atoms with van der Waals surface area (Å²) in [6.07, 6.45) is -14.0. The molecule has 0 saturated carbocycles. The van der Waals surface area contributed by atoms with Gasteiger partial charge in [0.2, 0.25) is 0 Å². The van der Waals surface area contributed by atoms with Crippen LogP contribution in [0, 0.1) is 3.70 Å². The highest BCUT2D eigenvalue weighted by atomic mass is 127. The Morgan fingerprint density at radius 3 is 2.00 bits per heavy atom. The molecule has 0 aromatic carbocycles. The van der Waals surface area contributed by atoms with Gasteiger partial charge in [0.25, 0.3) is 6.43 Å². The summed E-state index contributed by atoms with van der Waals surface area (Å²) in [4.78, 5) is 2.71. The Hall–Kier alpha value is -0.880. The van der Waals surface area contributed by atoms with Gasteiger partial charge in [0, 0.05) is 0 Å². The Bertz CT molecular complexity index is 469. The van der Waals surface area contributed by atoms with Crippen LogP contribution in [0.5, 0.6) is 5.75 Å². The lowest BCUT2D eigenvalue weighted by Crippen LogP contribution is -2.22. The lowest BCUT2D eigenvalue weighted by Gasteiger charge is -2.16. The molecular weight excluding hydrogens is 405 g/mol. The van der Waals surface area contributed by atoms with Crippen molar-refractivity contribution in [3.05, 3.63) is 21.0 Å². The van der Waals surface area contributed by atoms with E-state index in [-0.39, 0.29) is 6.07 Å². The first-order valence-electron chi connectivity index (χ1n) is 4.23. The normalized spacial score (nSPS) is 12.9. The number of halogens is 9. The van der Waals surface area contributed by atoms with Crippen LogP contribution in [-0.4, -0.2) is 11.3 Å². The van der Waals surface area contributed by atoms with Crippen LogP contribution in [-0.2, 0) is 6.18 Å². The fraction of sp³-hybridized carbons (Fsp3) is 0.375. The molecule has 0 N–H and O–H groups in total. The van der Waals surface area contributed by atoms with Crippen molar-refractivity contribution in [1.82, 2.24) is 4.98 Å². The quantitative estimate of drug-likeness (QED) is 0.408. The van der Waals surface area contributed by atoms with E-state index in [4.69, 9.17) is 0 Å². The summed E-state index contributed by atoms with van der Waals surface area (Å²) in [6.45, 7) is 0. The van der Waals surface area contributed by atoms with Crippen molar-refractivity contribution in [1.29, 1.82) is 0 Å². The Labute approximate surface area is 113 Å². The number of ether oxygens (including phenoxy) is 1. The largest absolute Gasteiger partial charge is 0.573 e. The highest BCUT2D eigenvalue weighted by molar-refractivity contribution is 14.1. The highest BCUT2D eigenvalue weighted by Gasteiger charge is 2.42. The summed E-state index contributed by atoms with van der Waals surface area (Å²) in [7, 11) is 0. The van der Waals surface area contributed by atoms with Gasteiger partial charge in [-0.25, -0.2) is 13.8 Å². The summed E-state index contributed by atoms with van der Waals surface area (Å²) in [5.41, 5.74) is -3.09. The first-order chi connectivity index (χ1) is 8.42. The van der Waals surface area contributed by atoms with E-state index >= 15 is 0 Å². The average Bonchev–Trinajstić information content (AvgIpc) is 2.15. The van der Waals surface area contributed by atoms with E-state index in [2.05, 4.69) is 9.72 Å². The van der Waals surface area contributed by atoms with Crippen molar-refractivity contribution in [3.63, 3.8) is 0 Å². The molecule has 0 spiro atoms. The molecule has 0 aliphatic heterocycles. The van der Waals surface area contributed by atoms with E-state index < -0.39 is 39.7 Å². The molecular formula is C8H2F8INO. The van der Waals surface area contributed by atoms with Crippen molar-refractivity contribution in [2.45, 2.75) is 19.0 Å². The van der Waals surface area contributed by atoms with E-state index in [0.717, 1.165) is 22.6 Å². The minimum atomic E-state index is -5.45. The fourth-order valence-electron chi connectivity index (χ4n) is 1.05. The zero-order valence-corrected chi connectivity index (χ0v) is 10.6. The van der Waals surface area contributed by atoms with Crippen LogP contribution in [0.25, 0.3) is 0 Å². The van der Waals surface area contributed by atoms with Crippen LogP contribution in [0.15, 0.2) is 6.07 Å². The molecule has 108 valence electrons. The molecule has 19 heavy (non-hydrogen) atoms. The molecule has 1 aromatic heterocycles. The number of rotatable bonds is 2. The first kappa shape index (κ1) is 16.2. The molecule has 0 bridgehead atoms. The zero-order valence-electron chi connectivity index (χ0n) is 8.41. The smallest absolute Gasteiger partial charge is 0.403 e. The fourth-order valence-corrected chi connectivity index (χ4v) is 1.68. The molecule has 0 radical (unpaired) electrons. The molecule has 0 unspecified atom stereocenters. The minimum absolute atomic E-state index is 0.0181. The summed E-state index contributed by atoms with van der Waals surface area (Å²) < 4.78 is 100. The topological polar surface area (TPSA) is 22.1 Å². The van der Waals surface area contributed by atoms with Gasteiger partial charge < -0.3 is 4.74 Å². The maximum atomic E-state index is 12.4. The lowest BCUT2D eigenvalue weighted by atomic mass is 10.2. The van der Waals surface area contributed by atoms with Gasteiger partial charge in [0.1, 0.15) is 3.70 Å². The zero-order chi connectivity index (χ0) is 15.0. The van der Waals surface area contributed by atoms with E-state index in [1.807, 2.05) is 0 Å². The molecule has 0 saturated heterocycles. The van der Waals surface area contributed by atoms with Gasteiger partial charge in [-0.15, -0.1) is 13.2 Å². The summed E-state index contributed by atoms with van der Waals surface area (Å²) in [5, 5.41) is 0. The summed E-state index contributed by atoms with van der Waals surface area (Å²) in [5.74, 6) is -1.81. The number of aromatic nitrogens is 1. The van der Waals surface area contributed by atoms with Gasteiger partial charge in [-0.2, -0.15) is 13.2 Å². The predicted octanol–water partition coefficient (Wildman–Crippen LogP) is 4.54. The molecule has 1 rings (SSSR count). The molecule has 0 atom stereocenters. The second-order valence-electron chi connectivity index (χ2n) is 3.06. The first-order valence-corrected chi connectivity index (χ1v) is 5.31. The van der Waals surface area contributed by atoms with Crippen molar-refractivity contribution < 1.29 is 39.9 Å². The number of hydrogen-bond acceptors (Lipinski definition) is 2. The van der Waals surface area contributed by atoms with E-state index in [0.29, 0.717) is 0 Å². The van der Waals surface area contributed by atoms with Crippen LogP contribution < -0.4 is 4.74 Å². The average molecular weight is 407 g/mol. The molecule has 1 heterocycles. The molecule has 0 fully saturated rings. The van der Waals surface area contributed by atoms with Crippen LogP contribution in [0.1, 0.15) is 17.7 Å². The van der Waals surface area contributed by atoms with E-state index in [9.17, 15) is 35.1 Å². The van der Waals surface area contributed by atoms with Crippen LogP contribution in [0.3, 0.4) is 0 Å². The Morgan fingerprint density at radius 1 is 1.11 bits per heavy atom. The third kappa shape index (κ3) is 4.31. The number of pyridine rings is 1. The second kappa shape index (κ2) is 5.25. The SMILES string of the molecule is FC(F)c1cc(OC(F)(F)F)c(C(F)(F)F)nc1I. The predicted molar refractivity (Wildman–Crippen MR) is 53.6 cm³/mol. The van der Waals surface area contributed by atoms with Crippen LogP contribution >= 0.6 is 22.6 Å². The van der Waals surface area contributed by atoms with Gasteiger partial charge in [-0.3, -0.25) is 0 Å². The summed E-state index contributed by atoms with van der Waals surface area (Å²) in [6, 6.07) is -0.0181. The van der Waals surface area contributed by atoms with Gasteiger partial charge >= 0.3 is 12.5 Å². The van der Waals surface area contributed by atoms with Crippen molar-refractivity contribution >= 4 is 22.6 Å². The van der Waals surface area contributed by atoms with Crippen molar-refractivity contribution in [3.8, 4) is 5.75 Å². The molecule has 0 amide bonds. The molecule has 1 aromatic rings. The summed E-state index contributed by atoms with van der Waals surface area (Å²) >= 11 is 1.07. The number of alkyl halides is 8. The molecule has 0 aliphatic carbocycles. The maximum Gasteiger partial charge on any atom is 0.573 e. The Balaban J connectivity index is 3.42. The molecule has 0 aliphatic rings. The van der Waals surface area contributed by atoms with Crippen LogP contribution in [0.4, 0.5) is 35.1 Å². The monoisotopic (exact) mass is 407 g/mol. The van der Waals surface area contributed by atoms with Crippen LogP contribution in [0.2, 0.25) is 0 Å². The van der Waals surface area contributed by atoms with Gasteiger partial charge in [-0.05, 0) is 28.7 Å². The van der Waals surface area contributed by atoms with Gasteiger partial charge in [0.05, 0.1) is 5.56 Å². The van der Waals surface area contributed by atoms with E-state index in [1.165, 1.54) is 0 Å². The maximum absolute atomic E-state index is 12.4. The third-order valence-corrected chi connectivity index (χ3v) is 2.56. The minimum Gasteiger partial charge on any atom is -0.403 e. The van der Waals surface area contributed by atoms with Gasteiger partial charge in [0.15, 0.2) is 11.4 Å².